The summed E-state index contributed by atoms with van der Waals surface area (Å²) in [5.74, 6) is 1.33. The average molecular weight is 219 g/mol. The molecule has 1 aliphatic carbocycles. The van der Waals surface area contributed by atoms with E-state index in [0.29, 0.717) is 5.92 Å². The van der Waals surface area contributed by atoms with Gasteiger partial charge in [0.05, 0.1) is 6.61 Å². The van der Waals surface area contributed by atoms with Crippen molar-refractivity contribution in [2.75, 3.05) is 26.8 Å². The summed E-state index contributed by atoms with van der Waals surface area (Å²) in [4.78, 5) is 0. The summed E-state index contributed by atoms with van der Waals surface area (Å²) in [6.45, 7) is 2.77. The number of benzene rings is 1. The van der Waals surface area contributed by atoms with Gasteiger partial charge in [-0.15, -0.1) is 0 Å². The summed E-state index contributed by atoms with van der Waals surface area (Å²) in [6.07, 6.45) is 2.73. The minimum atomic E-state index is 0.477. The van der Waals surface area contributed by atoms with E-state index < -0.39 is 0 Å². The quantitative estimate of drug-likeness (QED) is 0.760. The van der Waals surface area contributed by atoms with Gasteiger partial charge in [-0.3, -0.25) is 0 Å². The first-order valence-electron chi connectivity index (χ1n) is 6.17. The zero-order valence-corrected chi connectivity index (χ0v) is 9.99. The Bertz CT molecular complexity index is 295. The largest absolute Gasteiger partial charge is 0.380 e. The molecule has 1 aliphatic rings. The number of hydrogen-bond acceptors (Lipinski definition) is 2. The first kappa shape index (κ1) is 11.6. The summed E-state index contributed by atoms with van der Waals surface area (Å²) in [5, 5.41) is 3.24. The van der Waals surface area contributed by atoms with Crippen LogP contribution >= 0.6 is 0 Å². The molecule has 1 fully saturated rings. The molecule has 88 valence electrons. The Hall–Kier alpha value is -0.860. The molecular formula is C14H21NO. The minimum absolute atomic E-state index is 0.477. The highest BCUT2D eigenvalue weighted by Crippen LogP contribution is 2.29. The third-order valence-electron chi connectivity index (χ3n) is 3.09. The normalized spacial score (nSPS) is 17.3. The second kappa shape index (κ2) is 6.02. The van der Waals surface area contributed by atoms with Crippen LogP contribution < -0.4 is 5.32 Å². The van der Waals surface area contributed by atoms with Crippen molar-refractivity contribution in [1.29, 1.82) is 0 Å². The summed E-state index contributed by atoms with van der Waals surface area (Å²) >= 11 is 0. The minimum Gasteiger partial charge on any atom is -0.380 e. The molecule has 2 heteroatoms. The molecule has 2 rings (SSSR count). The van der Waals surface area contributed by atoms with E-state index in [4.69, 9.17) is 4.74 Å². The maximum absolute atomic E-state index is 5.79. The highest BCUT2D eigenvalue weighted by Gasteiger charge is 2.22. The monoisotopic (exact) mass is 219 g/mol. The van der Waals surface area contributed by atoms with Gasteiger partial charge < -0.3 is 10.1 Å². The molecule has 0 amide bonds. The molecule has 1 aromatic carbocycles. The van der Waals surface area contributed by atoms with Gasteiger partial charge in [-0.2, -0.15) is 0 Å². The van der Waals surface area contributed by atoms with E-state index in [1.165, 1.54) is 18.4 Å². The Morgan fingerprint density at radius 1 is 1.31 bits per heavy atom. The molecule has 0 saturated heterocycles. The van der Waals surface area contributed by atoms with Gasteiger partial charge in [0, 0.05) is 19.1 Å². The predicted molar refractivity (Wildman–Crippen MR) is 66.7 cm³/mol. The Morgan fingerprint density at radius 2 is 2.06 bits per heavy atom. The highest BCUT2D eigenvalue weighted by molar-refractivity contribution is 5.19. The lowest BCUT2D eigenvalue weighted by atomic mass is 10.0. The first-order valence-corrected chi connectivity index (χ1v) is 6.17. The maximum atomic E-state index is 5.79. The van der Waals surface area contributed by atoms with E-state index in [2.05, 4.69) is 35.6 Å². The molecule has 2 nitrogen and oxygen atoms in total. The van der Waals surface area contributed by atoms with Crippen molar-refractivity contribution in [3.8, 4) is 0 Å². The van der Waals surface area contributed by atoms with Crippen molar-refractivity contribution < 1.29 is 4.74 Å². The van der Waals surface area contributed by atoms with Crippen LogP contribution in [0.25, 0.3) is 0 Å². The smallest absolute Gasteiger partial charge is 0.0547 e. The van der Waals surface area contributed by atoms with Gasteiger partial charge in [0.25, 0.3) is 0 Å². The second-order valence-electron chi connectivity index (χ2n) is 4.65. The molecule has 1 atom stereocenters. The molecule has 0 spiro atoms. The van der Waals surface area contributed by atoms with Crippen LogP contribution in [0.3, 0.4) is 0 Å². The van der Waals surface area contributed by atoms with Crippen molar-refractivity contribution in [3.63, 3.8) is 0 Å². The molecule has 0 radical (unpaired) electrons. The lowest BCUT2D eigenvalue weighted by Crippen LogP contribution is -2.21. The van der Waals surface area contributed by atoms with Crippen LogP contribution in [0.2, 0.25) is 0 Å². The predicted octanol–water partition coefficient (Wildman–Crippen LogP) is 2.42. The fraction of sp³-hybridized carbons (Fsp3) is 0.571. The zero-order chi connectivity index (χ0) is 11.2. The average Bonchev–Trinajstić information content (AvgIpc) is 3.13. The first-order chi connectivity index (χ1) is 7.90. The standard InChI is InChI=1S/C14H21NO/c1-15-9-14(11-16-10-12-7-8-12)13-5-3-2-4-6-13/h2-6,12,14-15H,7-11H2,1H3. The maximum Gasteiger partial charge on any atom is 0.0547 e. The van der Waals surface area contributed by atoms with Crippen molar-refractivity contribution in [3.05, 3.63) is 35.9 Å². The molecule has 16 heavy (non-hydrogen) atoms. The Morgan fingerprint density at radius 3 is 2.69 bits per heavy atom. The van der Waals surface area contributed by atoms with Crippen LogP contribution in [0.1, 0.15) is 24.3 Å². The fourth-order valence-electron chi connectivity index (χ4n) is 1.91. The van der Waals surface area contributed by atoms with Crippen molar-refractivity contribution in [1.82, 2.24) is 5.32 Å². The summed E-state index contributed by atoms with van der Waals surface area (Å²) < 4.78 is 5.79. The third kappa shape index (κ3) is 3.62. The molecule has 1 unspecified atom stereocenters. The van der Waals surface area contributed by atoms with Crippen molar-refractivity contribution in [2.45, 2.75) is 18.8 Å². The Labute approximate surface area is 98.0 Å². The number of likely N-dealkylation sites (N-methyl/N-ethyl adjacent to an activating group) is 1. The molecular weight excluding hydrogens is 198 g/mol. The molecule has 1 N–H and O–H groups in total. The number of rotatable bonds is 7. The zero-order valence-electron chi connectivity index (χ0n) is 9.99. The lowest BCUT2D eigenvalue weighted by Gasteiger charge is -2.17. The second-order valence-corrected chi connectivity index (χ2v) is 4.65. The van der Waals surface area contributed by atoms with Crippen molar-refractivity contribution >= 4 is 0 Å². The van der Waals surface area contributed by atoms with E-state index >= 15 is 0 Å². The highest BCUT2D eigenvalue weighted by atomic mass is 16.5. The lowest BCUT2D eigenvalue weighted by molar-refractivity contribution is 0.111. The molecule has 0 heterocycles. The topological polar surface area (TPSA) is 21.3 Å². The number of ether oxygens (including phenoxy) is 1. The Balaban J connectivity index is 1.83. The third-order valence-corrected chi connectivity index (χ3v) is 3.09. The summed E-state index contributed by atoms with van der Waals surface area (Å²) in [7, 11) is 2.00. The van der Waals surface area contributed by atoms with Gasteiger partial charge in [0.2, 0.25) is 0 Å². The van der Waals surface area contributed by atoms with Crippen molar-refractivity contribution in [2.24, 2.45) is 5.92 Å². The van der Waals surface area contributed by atoms with Crippen LogP contribution in [0.5, 0.6) is 0 Å². The number of hydrogen-bond donors (Lipinski definition) is 1. The SMILES string of the molecule is CNCC(COCC1CC1)c1ccccc1. The van der Waals surface area contributed by atoms with Crippen LogP contribution in [0, 0.1) is 5.92 Å². The van der Waals surface area contributed by atoms with Crippen LogP contribution in [-0.2, 0) is 4.74 Å². The van der Waals surface area contributed by atoms with Gasteiger partial charge in [-0.05, 0) is 31.4 Å². The fourth-order valence-corrected chi connectivity index (χ4v) is 1.91. The van der Waals surface area contributed by atoms with E-state index in [1.54, 1.807) is 0 Å². The van der Waals surface area contributed by atoms with Gasteiger partial charge in [0.15, 0.2) is 0 Å². The van der Waals surface area contributed by atoms with E-state index in [1.807, 2.05) is 7.05 Å². The number of nitrogens with one attached hydrogen (secondary N) is 1. The Kier molecular flexibility index (Phi) is 4.37. The molecule has 1 aromatic rings. The molecule has 0 aromatic heterocycles. The molecule has 0 bridgehead atoms. The van der Waals surface area contributed by atoms with Crippen LogP contribution in [-0.4, -0.2) is 26.8 Å². The van der Waals surface area contributed by atoms with E-state index in [0.717, 1.165) is 25.7 Å². The summed E-state index contributed by atoms with van der Waals surface area (Å²) in [5.41, 5.74) is 1.37. The van der Waals surface area contributed by atoms with Crippen LogP contribution in [0.4, 0.5) is 0 Å². The molecule has 1 saturated carbocycles. The molecule has 0 aliphatic heterocycles. The van der Waals surface area contributed by atoms with Gasteiger partial charge >= 0.3 is 0 Å². The van der Waals surface area contributed by atoms with E-state index in [-0.39, 0.29) is 0 Å². The van der Waals surface area contributed by atoms with Gasteiger partial charge in [0.1, 0.15) is 0 Å². The van der Waals surface area contributed by atoms with Crippen LogP contribution in [0.15, 0.2) is 30.3 Å². The van der Waals surface area contributed by atoms with Gasteiger partial charge in [-0.25, -0.2) is 0 Å². The van der Waals surface area contributed by atoms with E-state index in [9.17, 15) is 0 Å². The van der Waals surface area contributed by atoms with Gasteiger partial charge in [-0.1, -0.05) is 30.3 Å². The summed E-state index contributed by atoms with van der Waals surface area (Å²) in [6, 6.07) is 10.6.